The maximum Gasteiger partial charge on any atom is 0.295 e. The quantitative estimate of drug-likeness (QED) is 0.929. The summed E-state index contributed by atoms with van der Waals surface area (Å²) in [7, 11) is 0. The summed E-state index contributed by atoms with van der Waals surface area (Å²) in [5.41, 5.74) is 1.96. The van der Waals surface area contributed by atoms with Crippen molar-refractivity contribution in [2.75, 3.05) is 5.32 Å². The molecule has 2 aromatic heterocycles. The van der Waals surface area contributed by atoms with Crippen molar-refractivity contribution >= 4 is 23.8 Å². The summed E-state index contributed by atoms with van der Waals surface area (Å²) in [6.07, 6.45) is 5.18. The van der Waals surface area contributed by atoms with Crippen LogP contribution in [0.4, 0.5) is 5.82 Å². The van der Waals surface area contributed by atoms with Crippen molar-refractivity contribution in [3.8, 4) is 11.3 Å². The molecular weight excluding hydrogens is 318 g/mol. The van der Waals surface area contributed by atoms with Gasteiger partial charge in [-0.05, 0) is 37.0 Å². The Morgan fingerprint density at radius 1 is 1.32 bits per heavy atom. The van der Waals surface area contributed by atoms with E-state index in [9.17, 15) is 9.59 Å². The molecule has 0 radical (unpaired) electrons. The normalized spacial score (nSPS) is 19.2. The third kappa shape index (κ3) is 2.97. The Balaban J connectivity index is 1.65. The Labute approximate surface area is 145 Å². The van der Waals surface area contributed by atoms with Crippen LogP contribution < -0.4 is 5.32 Å². The molecule has 25 heavy (non-hydrogen) atoms. The highest BCUT2D eigenvalue weighted by Crippen LogP contribution is 2.31. The van der Waals surface area contributed by atoms with Gasteiger partial charge in [0.15, 0.2) is 0 Å². The van der Waals surface area contributed by atoms with Gasteiger partial charge in [0.1, 0.15) is 11.5 Å². The standard InChI is InChI=1S/C18H19N5O2/c1-10(2)15-9-20-18(25)14-8-13(22-23(14)15)12-5-6-19-16(7-12)21-17(24)11-3-4-11/h5-11,15H,3-4H2,1-2H3,(H,19,21,24)/t15-/m0/s1. The van der Waals surface area contributed by atoms with Crippen LogP contribution in [0.3, 0.4) is 0 Å². The fraction of sp³-hybridized carbons (Fsp3) is 0.389. The number of anilines is 1. The summed E-state index contributed by atoms with van der Waals surface area (Å²) in [6, 6.07) is 5.30. The molecule has 7 heteroatoms. The van der Waals surface area contributed by atoms with Gasteiger partial charge >= 0.3 is 0 Å². The molecule has 3 heterocycles. The van der Waals surface area contributed by atoms with Crippen LogP contribution in [0.5, 0.6) is 0 Å². The van der Waals surface area contributed by atoms with Crippen LogP contribution >= 0.6 is 0 Å². The molecular formula is C18H19N5O2. The number of pyridine rings is 1. The average molecular weight is 337 g/mol. The number of rotatable bonds is 4. The summed E-state index contributed by atoms with van der Waals surface area (Å²) < 4.78 is 1.73. The summed E-state index contributed by atoms with van der Waals surface area (Å²) in [6.45, 7) is 4.13. The van der Waals surface area contributed by atoms with Crippen LogP contribution in [0.15, 0.2) is 29.4 Å². The minimum absolute atomic E-state index is 0.0113. The van der Waals surface area contributed by atoms with Crippen LogP contribution in [0.25, 0.3) is 11.3 Å². The van der Waals surface area contributed by atoms with Gasteiger partial charge in [-0.3, -0.25) is 14.3 Å². The molecule has 1 atom stereocenters. The smallest absolute Gasteiger partial charge is 0.295 e. The number of aromatic nitrogens is 3. The molecule has 0 bridgehead atoms. The van der Waals surface area contributed by atoms with Gasteiger partial charge in [0.25, 0.3) is 5.91 Å². The SMILES string of the molecule is CC(C)[C@@H]1C=NC(=O)c2cc(-c3ccnc(NC(=O)C4CC4)c3)nn21. The minimum Gasteiger partial charge on any atom is -0.310 e. The molecule has 0 saturated heterocycles. The minimum atomic E-state index is -0.285. The summed E-state index contributed by atoms with van der Waals surface area (Å²) in [4.78, 5) is 32.1. The summed E-state index contributed by atoms with van der Waals surface area (Å²) in [5, 5.41) is 7.44. The van der Waals surface area contributed by atoms with E-state index >= 15 is 0 Å². The van der Waals surface area contributed by atoms with Crippen molar-refractivity contribution in [2.45, 2.75) is 32.7 Å². The Hall–Kier alpha value is -2.83. The molecule has 1 N–H and O–H groups in total. The molecule has 4 rings (SSSR count). The predicted octanol–water partition coefficient (Wildman–Crippen LogP) is 2.72. The number of carbonyl (C=O) groups excluding carboxylic acids is 2. The average Bonchev–Trinajstić information content (AvgIpc) is 3.34. The van der Waals surface area contributed by atoms with Gasteiger partial charge in [0.05, 0.1) is 11.7 Å². The summed E-state index contributed by atoms with van der Waals surface area (Å²) in [5.74, 6) is 0.619. The highest BCUT2D eigenvalue weighted by atomic mass is 16.2. The molecule has 1 aliphatic carbocycles. The monoisotopic (exact) mass is 337 g/mol. The molecule has 128 valence electrons. The van der Waals surface area contributed by atoms with Crippen LogP contribution in [-0.2, 0) is 4.79 Å². The van der Waals surface area contributed by atoms with E-state index in [1.165, 1.54) is 0 Å². The molecule has 1 aliphatic heterocycles. The maximum atomic E-state index is 12.1. The van der Waals surface area contributed by atoms with Gasteiger partial charge in [-0.2, -0.15) is 5.10 Å². The first-order chi connectivity index (χ1) is 12.0. The molecule has 2 amide bonds. The lowest BCUT2D eigenvalue weighted by molar-refractivity contribution is -0.117. The van der Waals surface area contributed by atoms with Crippen LogP contribution in [0, 0.1) is 11.8 Å². The Kier molecular flexibility index (Phi) is 3.71. The fourth-order valence-corrected chi connectivity index (χ4v) is 2.88. The van der Waals surface area contributed by atoms with Gasteiger partial charge in [-0.1, -0.05) is 13.8 Å². The predicted molar refractivity (Wildman–Crippen MR) is 93.5 cm³/mol. The zero-order valence-corrected chi connectivity index (χ0v) is 14.1. The highest BCUT2D eigenvalue weighted by Gasteiger charge is 2.30. The molecule has 2 aliphatic rings. The molecule has 2 aromatic rings. The first-order valence-electron chi connectivity index (χ1n) is 8.48. The van der Waals surface area contributed by atoms with Crippen LogP contribution in [0.1, 0.15) is 43.2 Å². The highest BCUT2D eigenvalue weighted by molar-refractivity contribution is 6.01. The van der Waals surface area contributed by atoms with Gasteiger partial charge in [0, 0.05) is 23.9 Å². The largest absolute Gasteiger partial charge is 0.310 e. The first-order valence-corrected chi connectivity index (χ1v) is 8.48. The second-order valence-electron chi connectivity index (χ2n) is 6.87. The van der Waals surface area contributed by atoms with Gasteiger partial charge in [0.2, 0.25) is 5.91 Å². The third-order valence-electron chi connectivity index (χ3n) is 4.52. The number of fused-ring (bicyclic) bond motifs is 1. The molecule has 0 unspecified atom stereocenters. The lowest BCUT2D eigenvalue weighted by atomic mass is 10.0. The van der Waals surface area contributed by atoms with Crippen molar-refractivity contribution in [2.24, 2.45) is 16.8 Å². The zero-order chi connectivity index (χ0) is 17.6. The van der Waals surface area contributed by atoms with Crippen molar-refractivity contribution in [3.63, 3.8) is 0 Å². The fourth-order valence-electron chi connectivity index (χ4n) is 2.88. The van der Waals surface area contributed by atoms with E-state index < -0.39 is 0 Å². The lowest BCUT2D eigenvalue weighted by Gasteiger charge is -2.21. The number of hydrogen-bond donors (Lipinski definition) is 1. The maximum absolute atomic E-state index is 12.1. The van der Waals surface area contributed by atoms with Crippen molar-refractivity contribution < 1.29 is 9.59 Å². The van der Waals surface area contributed by atoms with Crippen LogP contribution in [-0.4, -0.2) is 32.8 Å². The number of nitrogens with zero attached hydrogens (tertiary/aromatic N) is 4. The number of nitrogens with one attached hydrogen (secondary N) is 1. The van der Waals surface area contributed by atoms with Gasteiger partial charge in [-0.15, -0.1) is 0 Å². The zero-order valence-electron chi connectivity index (χ0n) is 14.1. The van der Waals surface area contributed by atoms with E-state index in [2.05, 4.69) is 34.2 Å². The van der Waals surface area contributed by atoms with Crippen LogP contribution in [0.2, 0.25) is 0 Å². The molecule has 1 fully saturated rings. The topological polar surface area (TPSA) is 89.2 Å². The summed E-state index contributed by atoms with van der Waals surface area (Å²) >= 11 is 0. The molecule has 0 spiro atoms. The van der Waals surface area contributed by atoms with E-state index in [1.807, 2.05) is 6.07 Å². The number of carbonyl (C=O) groups is 2. The van der Waals surface area contributed by atoms with E-state index in [0.717, 1.165) is 18.4 Å². The second kappa shape index (κ2) is 5.91. The Morgan fingerprint density at radius 2 is 2.12 bits per heavy atom. The van der Waals surface area contributed by atoms with E-state index in [4.69, 9.17) is 0 Å². The van der Waals surface area contributed by atoms with Crippen molar-refractivity contribution in [1.82, 2.24) is 14.8 Å². The molecule has 1 saturated carbocycles. The lowest BCUT2D eigenvalue weighted by Crippen LogP contribution is -2.25. The molecule has 0 aromatic carbocycles. The second-order valence-corrected chi connectivity index (χ2v) is 6.87. The van der Waals surface area contributed by atoms with E-state index in [0.29, 0.717) is 17.2 Å². The van der Waals surface area contributed by atoms with E-state index in [1.54, 1.807) is 29.2 Å². The Bertz CT molecular complexity index is 879. The third-order valence-corrected chi connectivity index (χ3v) is 4.52. The Morgan fingerprint density at radius 3 is 2.84 bits per heavy atom. The van der Waals surface area contributed by atoms with Gasteiger partial charge < -0.3 is 5.32 Å². The number of aliphatic imine (C=N–C) groups is 1. The van der Waals surface area contributed by atoms with Gasteiger partial charge in [-0.25, -0.2) is 9.98 Å². The van der Waals surface area contributed by atoms with E-state index in [-0.39, 0.29) is 29.7 Å². The first kappa shape index (κ1) is 15.7. The number of amides is 2. The number of hydrogen-bond acceptors (Lipinski definition) is 4. The van der Waals surface area contributed by atoms with Crippen molar-refractivity contribution in [1.29, 1.82) is 0 Å². The molecule has 7 nitrogen and oxygen atoms in total. The van der Waals surface area contributed by atoms with Crippen molar-refractivity contribution in [3.05, 3.63) is 30.1 Å².